The van der Waals surface area contributed by atoms with Gasteiger partial charge in [-0.3, -0.25) is 14.9 Å². The highest BCUT2D eigenvalue weighted by Crippen LogP contribution is 2.35. The van der Waals surface area contributed by atoms with Crippen LogP contribution in [0.25, 0.3) is 6.08 Å². The van der Waals surface area contributed by atoms with Crippen molar-refractivity contribution in [1.29, 1.82) is 0 Å². The van der Waals surface area contributed by atoms with E-state index in [0.717, 1.165) is 25.2 Å². The van der Waals surface area contributed by atoms with Gasteiger partial charge < -0.3 is 9.47 Å². The lowest BCUT2D eigenvalue weighted by molar-refractivity contribution is -0.122. The van der Waals surface area contributed by atoms with Gasteiger partial charge in [-0.05, 0) is 77.9 Å². The Balaban J connectivity index is 1.64. The molecule has 7 nitrogen and oxygen atoms in total. The number of urea groups is 1. The number of hydrogen-bond acceptors (Lipinski definition) is 5. The number of barbiturate groups is 1. The molecular formula is C27H23IN2O5. The van der Waals surface area contributed by atoms with E-state index in [1.54, 1.807) is 36.4 Å². The molecule has 0 aliphatic carbocycles. The number of aryl methyl sites for hydroxylation is 2. The molecule has 1 fully saturated rings. The van der Waals surface area contributed by atoms with Gasteiger partial charge in [-0.15, -0.1) is 0 Å². The van der Waals surface area contributed by atoms with Gasteiger partial charge in [0.05, 0.1) is 16.4 Å². The topological polar surface area (TPSA) is 84.9 Å². The number of rotatable bonds is 6. The maximum atomic E-state index is 13.1. The third-order valence-corrected chi connectivity index (χ3v) is 6.22. The summed E-state index contributed by atoms with van der Waals surface area (Å²) in [6.45, 7) is 4.29. The lowest BCUT2D eigenvalue weighted by Gasteiger charge is -2.26. The first kappa shape index (κ1) is 24.5. The van der Waals surface area contributed by atoms with Crippen molar-refractivity contribution in [1.82, 2.24) is 5.32 Å². The summed E-state index contributed by atoms with van der Waals surface area (Å²) in [6.07, 6.45) is 1.44. The van der Waals surface area contributed by atoms with Crippen LogP contribution >= 0.6 is 22.6 Å². The molecule has 3 aromatic rings. The van der Waals surface area contributed by atoms with E-state index >= 15 is 0 Å². The number of hydrogen-bond donors (Lipinski definition) is 1. The second-order valence-corrected chi connectivity index (χ2v) is 9.27. The second kappa shape index (κ2) is 10.3. The molecule has 0 radical (unpaired) electrons. The molecule has 0 saturated carbocycles. The summed E-state index contributed by atoms with van der Waals surface area (Å²) in [5.74, 6) is -0.423. The van der Waals surface area contributed by atoms with E-state index in [-0.39, 0.29) is 5.57 Å². The maximum absolute atomic E-state index is 13.1. The summed E-state index contributed by atoms with van der Waals surface area (Å²) in [7, 11) is 1.53. The number of carbonyl (C=O) groups excluding carboxylic acids is 3. The number of amides is 4. The molecule has 4 amide bonds. The molecule has 0 aromatic heterocycles. The highest BCUT2D eigenvalue weighted by Gasteiger charge is 2.36. The van der Waals surface area contributed by atoms with Crippen molar-refractivity contribution < 1.29 is 23.9 Å². The summed E-state index contributed by atoms with van der Waals surface area (Å²) in [6, 6.07) is 17.6. The number of anilines is 1. The smallest absolute Gasteiger partial charge is 0.335 e. The van der Waals surface area contributed by atoms with Gasteiger partial charge in [-0.25, -0.2) is 9.69 Å². The first-order chi connectivity index (χ1) is 16.8. The largest absolute Gasteiger partial charge is 0.493 e. The molecule has 1 N–H and O–H groups in total. The van der Waals surface area contributed by atoms with Crippen molar-refractivity contribution in [2.24, 2.45) is 0 Å². The van der Waals surface area contributed by atoms with Gasteiger partial charge in [-0.2, -0.15) is 0 Å². The zero-order valence-electron chi connectivity index (χ0n) is 19.4. The monoisotopic (exact) mass is 582 g/mol. The Morgan fingerprint density at radius 3 is 2.40 bits per heavy atom. The zero-order valence-corrected chi connectivity index (χ0v) is 21.6. The molecule has 3 aromatic carbocycles. The minimum Gasteiger partial charge on any atom is -0.493 e. The van der Waals surface area contributed by atoms with Gasteiger partial charge in [0, 0.05) is 0 Å². The quantitative estimate of drug-likeness (QED) is 0.247. The molecule has 1 aliphatic rings. The van der Waals surface area contributed by atoms with E-state index in [1.165, 1.54) is 13.2 Å². The molecule has 178 valence electrons. The third kappa shape index (κ3) is 5.37. The number of ether oxygens (including phenoxy) is 2. The molecule has 0 atom stereocenters. The standard InChI is InChI=1S/C27H23IN2O5/c1-16-7-9-20(10-8-16)30-26(32)21(25(31)29-27(30)33)12-19-13-22(28)24(23(14-19)34-3)35-15-18-6-4-5-17(2)11-18/h4-14H,15H2,1-3H3,(H,29,31,33)/b21-12+. The molecule has 0 spiro atoms. The SMILES string of the molecule is COc1cc(/C=C2\C(=O)NC(=O)N(c3ccc(C)cc3)C2=O)cc(I)c1OCc1cccc(C)c1. The molecule has 0 unspecified atom stereocenters. The lowest BCUT2D eigenvalue weighted by Crippen LogP contribution is -2.54. The fourth-order valence-corrected chi connectivity index (χ4v) is 4.45. The average molecular weight is 582 g/mol. The summed E-state index contributed by atoms with van der Waals surface area (Å²) in [4.78, 5) is 39.1. The van der Waals surface area contributed by atoms with Gasteiger partial charge in [-0.1, -0.05) is 47.5 Å². The minimum atomic E-state index is -0.784. The molecule has 8 heteroatoms. The number of carbonyl (C=O) groups is 3. The molecule has 0 bridgehead atoms. The Hall–Kier alpha value is -3.66. The van der Waals surface area contributed by atoms with Crippen molar-refractivity contribution >= 4 is 52.2 Å². The Kier molecular flexibility index (Phi) is 7.20. The number of nitrogens with one attached hydrogen (secondary N) is 1. The van der Waals surface area contributed by atoms with Crippen molar-refractivity contribution in [2.75, 3.05) is 12.0 Å². The predicted molar refractivity (Wildman–Crippen MR) is 141 cm³/mol. The molecule has 1 aliphatic heterocycles. The van der Waals surface area contributed by atoms with Gasteiger partial charge in [0.25, 0.3) is 11.8 Å². The highest BCUT2D eigenvalue weighted by atomic mass is 127. The second-order valence-electron chi connectivity index (χ2n) is 8.11. The van der Waals surface area contributed by atoms with E-state index in [0.29, 0.717) is 29.4 Å². The Bertz CT molecular complexity index is 1350. The molecule has 4 rings (SSSR count). The predicted octanol–water partition coefficient (Wildman–Crippen LogP) is 5.16. The molecule has 35 heavy (non-hydrogen) atoms. The van der Waals surface area contributed by atoms with Gasteiger partial charge in [0.2, 0.25) is 0 Å². The average Bonchev–Trinajstić information content (AvgIpc) is 2.82. The molecular weight excluding hydrogens is 559 g/mol. The van der Waals surface area contributed by atoms with Crippen LogP contribution in [0.3, 0.4) is 0 Å². The van der Waals surface area contributed by atoms with Crippen LogP contribution in [-0.2, 0) is 16.2 Å². The van der Waals surface area contributed by atoms with Crippen LogP contribution in [0.5, 0.6) is 11.5 Å². The maximum Gasteiger partial charge on any atom is 0.335 e. The van der Waals surface area contributed by atoms with Crippen molar-refractivity contribution in [3.63, 3.8) is 0 Å². The molecule has 1 heterocycles. The van der Waals surface area contributed by atoms with Gasteiger partial charge >= 0.3 is 6.03 Å². The summed E-state index contributed by atoms with van der Waals surface area (Å²) in [5.41, 5.74) is 3.94. The first-order valence-corrected chi connectivity index (χ1v) is 11.9. The van der Waals surface area contributed by atoms with Gasteiger partial charge in [0.1, 0.15) is 12.2 Å². The number of benzene rings is 3. The molecule has 1 saturated heterocycles. The van der Waals surface area contributed by atoms with Crippen molar-refractivity contribution in [3.8, 4) is 11.5 Å². The normalized spacial score (nSPS) is 14.8. The number of methoxy groups -OCH3 is 1. The van der Waals surface area contributed by atoms with Crippen molar-refractivity contribution in [3.05, 3.63) is 92.1 Å². The fraction of sp³-hybridized carbons (Fsp3) is 0.148. The fourth-order valence-electron chi connectivity index (χ4n) is 3.67. The first-order valence-electron chi connectivity index (χ1n) is 10.8. The van der Waals surface area contributed by atoms with Crippen LogP contribution in [-0.4, -0.2) is 25.0 Å². The van der Waals surface area contributed by atoms with Gasteiger partial charge in [0.15, 0.2) is 11.5 Å². The van der Waals surface area contributed by atoms with Crippen LogP contribution in [0.15, 0.2) is 66.2 Å². The van der Waals surface area contributed by atoms with E-state index in [9.17, 15) is 14.4 Å². The lowest BCUT2D eigenvalue weighted by atomic mass is 10.1. The van der Waals surface area contributed by atoms with E-state index < -0.39 is 17.8 Å². The van der Waals surface area contributed by atoms with E-state index in [4.69, 9.17) is 9.47 Å². The Morgan fingerprint density at radius 2 is 1.71 bits per heavy atom. The Morgan fingerprint density at radius 1 is 0.971 bits per heavy atom. The van der Waals surface area contributed by atoms with Crippen LogP contribution in [0.1, 0.15) is 22.3 Å². The number of halogens is 1. The van der Waals surface area contributed by atoms with Crippen LogP contribution < -0.4 is 19.7 Å². The van der Waals surface area contributed by atoms with E-state index in [2.05, 4.69) is 27.9 Å². The Labute approximate surface area is 216 Å². The zero-order chi connectivity index (χ0) is 25.1. The third-order valence-electron chi connectivity index (χ3n) is 5.42. The summed E-state index contributed by atoms with van der Waals surface area (Å²) >= 11 is 2.12. The number of imide groups is 2. The number of nitrogens with zero attached hydrogens (tertiary/aromatic N) is 1. The summed E-state index contributed by atoms with van der Waals surface area (Å²) in [5, 5.41) is 2.24. The van der Waals surface area contributed by atoms with Crippen LogP contribution in [0.4, 0.5) is 10.5 Å². The summed E-state index contributed by atoms with van der Waals surface area (Å²) < 4.78 is 12.3. The minimum absolute atomic E-state index is 0.156. The van der Waals surface area contributed by atoms with Crippen molar-refractivity contribution in [2.45, 2.75) is 20.5 Å². The van der Waals surface area contributed by atoms with E-state index in [1.807, 2.05) is 38.1 Å². The van der Waals surface area contributed by atoms with Crippen LogP contribution in [0.2, 0.25) is 0 Å². The highest BCUT2D eigenvalue weighted by molar-refractivity contribution is 14.1. The van der Waals surface area contributed by atoms with Crippen LogP contribution in [0, 0.1) is 17.4 Å².